The Morgan fingerprint density at radius 1 is 0.892 bits per heavy atom. The van der Waals surface area contributed by atoms with E-state index in [1.165, 1.54) is 41.6 Å². The van der Waals surface area contributed by atoms with Crippen molar-refractivity contribution in [3.05, 3.63) is 76.7 Å². The molecule has 10 nitrogen and oxygen atoms in total. The number of anilines is 2. The predicted octanol–water partition coefficient (Wildman–Crippen LogP) is 3.04. The number of nitrogens with zero attached hydrogens (tertiary/aromatic N) is 3. The Morgan fingerprint density at radius 2 is 1.54 bits per heavy atom. The van der Waals surface area contributed by atoms with E-state index >= 15 is 0 Å². The third-order valence-corrected chi connectivity index (χ3v) is 7.88. The van der Waals surface area contributed by atoms with Gasteiger partial charge in [-0.05, 0) is 49.4 Å². The van der Waals surface area contributed by atoms with E-state index in [2.05, 4.69) is 5.32 Å². The van der Waals surface area contributed by atoms with Crippen molar-refractivity contribution in [1.29, 1.82) is 0 Å². The fourth-order valence-electron chi connectivity index (χ4n) is 4.05. The highest BCUT2D eigenvalue weighted by atomic mass is 32.2. The number of nitrogens with one attached hydrogen (secondary N) is 1. The molecule has 0 atom stereocenters. The number of methoxy groups -OCH3 is 2. The van der Waals surface area contributed by atoms with E-state index in [0.29, 0.717) is 28.2 Å². The van der Waals surface area contributed by atoms with Gasteiger partial charge in [-0.1, -0.05) is 17.7 Å². The molecule has 37 heavy (non-hydrogen) atoms. The van der Waals surface area contributed by atoms with Crippen LogP contribution in [0.1, 0.15) is 5.56 Å². The van der Waals surface area contributed by atoms with Crippen molar-refractivity contribution in [2.24, 2.45) is 14.1 Å². The minimum Gasteiger partial charge on any atom is -0.493 e. The molecule has 0 unspecified atom stereocenters. The molecular weight excluding hydrogens is 496 g/mol. The number of fused-ring (bicyclic) bond motifs is 1. The number of carbonyl (C=O) groups excluding carboxylic acids is 1. The van der Waals surface area contributed by atoms with Gasteiger partial charge in [0.25, 0.3) is 10.0 Å². The molecule has 1 heterocycles. The lowest BCUT2D eigenvalue weighted by Gasteiger charge is -2.24. The summed E-state index contributed by atoms with van der Waals surface area (Å²) in [6, 6.07) is 16.2. The Labute approximate surface area is 214 Å². The highest BCUT2D eigenvalue weighted by molar-refractivity contribution is 7.92. The van der Waals surface area contributed by atoms with Crippen LogP contribution in [0.25, 0.3) is 11.0 Å². The number of sulfonamides is 1. The van der Waals surface area contributed by atoms with Crippen LogP contribution in [-0.2, 0) is 28.9 Å². The molecule has 4 aromatic rings. The second kappa shape index (κ2) is 10.0. The Bertz CT molecular complexity index is 1640. The van der Waals surface area contributed by atoms with Crippen LogP contribution in [0.3, 0.4) is 0 Å². The van der Waals surface area contributed by atoms with E-state index in [0.717, 1.165) is 9.87 Å². The van der Waals surface area contributed by atoms with Gasteiger partial charge in [-0.15, -0.1) is 0 Å². The number of hydrogen-bond donors (Lipinski definition) is 1. The Morgan fingerprint density at radius 3 is 2.19 bits per heavy atom. The van der Waals surface area contributed by atoms with Gasteiger partial charge < -0.3 is 14.8 Å². The lowest BCUT2D eigenvalue weighted by atomic mass is 10.2. The molecule has 1 N–H and O–H groups in total. The summed E-state index contributed by atoms with van der Waals surface area (Å²) >= 11 is 0. The Hall–Kier alpha value is -4.25. The van der Waals surface area contributed by atoms with Crippen molar-refractivity contribution in [3.8, 4) is 11.5 Å². The number of hydrogen-bond acceptors (Lipinski definition) is 6. The summed E-state index contributed by atoms with van der Waals surface area (Å²) in [5.41, 5.74) is 2.87. The average Bonchev–Trinajstić information content (AvgIpc) is 3.10. The first kappa shape index (κ1) is 25.8. The maximum Gasteiger partial charge on any atom is 0.328 e. The molecule has 194 valence electrons. The minimum absolute atomic E-state index is 0.0563. The number of benzene rings is 3. The molecule has 0 saturated carbocycles. The monoisotopic (exact) mass is 524 g/mol. The summed E-state index contributed by atoms with van der Waals surface area (Å²) in [7, 11) is 2.02. The van der Waals surface area contributed by atoms with Crippen molar-refractivity contribution in [3.63, 3.8) is 0 Å². The molecule has 0 aliphatic heterocycles. The summed E-state index contributed by atoms with van der Waals surface area (Å²) in [6.07, 6.45) is 0. The van der Waals surface area contributed by atoms with E-state index in [1.54, 1.807) is 56.6 Å². The SMILES string of the molecule is COc1ccc(S(=O)(=O)N(CC(=O)Nc2ccc3c(c2)n(C)c(=O)n3C)c2ccc(C)cc2)cc1OC. The topological polar surface area (TPSA) is 112 Å². The third-order valence-electron chi connectivity index (χ3n) is 6.11. The molecule has 0 bridgehead atoms. The third kappa shape index (κ3) is 4.90. The highest BCUT2D eigenvalue weighted by Gasteiger charge is 2.28. The molecule has 0 spiro atoms. The summed E-state index contributed by atoms with van der Waals surface area (Å²) in [4.78, 5) is 25.3. The van der Waals surface area contributed by atoms with Crippen molar-refractivity contribution in [2.45, 2.75) is 11.8 Å². The standard InChI is InChI=1S/C26H28N4O6S/c1-17-6-9-19(10-7-17)30(37(33,34)20-11-13-23(35-4)24(15-20)36-5)16-25(31)27-18-8-12-21-22(14-18)29(3)26(32)28(21)2/h6-15H,16H2,1-5H3,(H,27,31). The molecule has 0 saturated heterocycles. The van der Waals surface area contributed by atoms with Gasteiger partial charge in [0.1, 0.15) is 6.54 Å². The van der Waals surface area contributed by atoms with Crippen LogP contribution in [0.2, 0.25) is 0 Å². The van der Waals surface area contributed by atoms with Crippen LogP contribution in [0.5, 0.6) is 11.5 Å². The van der Waals surface area contributed by atoms with E-state index in [4.69, 9.17) is 9.47 Å². The first-order chi connectivity index (χ1) is 17.6. The number of rotatable bonds is 8. The summed E-state index contributed by atoms with van der Waals surface area (Å²) < 4.78 is 42.0. The number of ether oxygens (including phenoxy) is 2. The van der Waals surface area contributed by atoms with Gasteiger partial charge in [-0.2, -0.15) is 0 Å². The first-order valence-corrected chi connectivity index (χ1v) is 12.8. The number of amides is 1. The molecule has 4 rings (SSSR count). The zero-order valence-corrected chi connectivity index (χ0v) is 22.0. The summed E-state index contributed by atoms with van der Waals surface area (Å²) in [6.45, 7) is 1.40. The van der Waals surface area contributed by atoms with Gasteiger partial charge in [0.15, 0.2) is 11.5 Å². The average molecular weight is 525 g/mol. The van der Waals surface area contributed by atoms with Crippen LogP contribution >= 0.6 is 0 Å². The lowest BCUT2D eigenvalue weighted by Crippen LogP contribution is -2.38. The molecule has 11 heteroatoms. The fraction of sp³-hybridized carbons (Fsp3) is 0.231. The minimum atomic E-state index is -4.17. The van der Waals surface area contributed by atoms with E-state index in [1.807, 2.05) is 6.92 Å². The van der Waals surface area contributed by atoms with Gasteiger partial charge in [-0.3, -0.25) is 18.2 Å². The van der Waals surface area contributed by atoms with Crippen LogP contribution in [0.15, 0.2) is 70.4 Å². The van der Waals surface area contributed by atoms with E-state index < -0.39 is 22.5 Å². The zero-order valence-electron chi connectivity index (χ0n) is 21.2. The van der Waals surface area contributed by atoms with Gasteiger partial charge in [0.2, 0.25) is 5.91 Å². The molecule has 0 aliphatic rings. The molecule has 0 aliphatic carbocycles. The lowest BCUT2D eigenvalue weighted by molar-refractivity contribution is -0.114. The predicted molar refractivity (Wildman–Crippen MR) is 142 cm³/mol. The van der Waals surface area contributed by atoms with Gasteiger partial charge in [-0.25, -0.2) is 13.2 Å². The molecule has 1 aromatic heterocycles. The zero-order chi connectivity index (χ0) is 26.9. The van der Waals surface area contributed by atoms with Crippen molar-refractivity contribution in [1.82, 2.24) is 9.13 Å². The van der Waals surface area contributed by atoms with Gasteiger partial charge >= 0.3 is 5.69 Å². The Balaban J connectivity index is 1.69. The highest BCUT2D eigenvalue weighted by Crippen LogP contribution is 2.32. The van der Waals surface area contributed by atoms with Crippen molar-refractivity contribution >= 4 is 38.3 Å². The second-order valence-corrected chi connectivity index (χ2v) is 10.4. The van der Waals surface area contributed by atoms with Crippen LogP contribution in [0.4, 0.5) is 11.4 Å². The van der Waals surface area contributed by atoms with Gasteiger partial charge in [0, 0.05) is 25.8 Å². The van der Waals surface area contributed by atoms with Crippen molar-refractivity contribution < 1.29 is 22.7 Å². The maximum absolute atomic E-state index is 13.7. The molecule has 1 amide bonds. The van der Waals surface area contributed by atoms with E-state index in [-0.39, 0.29) is 16.3 Å². The fourth-order valence-corrected chi connectivity index (χ4v) is 5.48. The first-order valence-electron chi connectivity index (χ1n) is 11.3. The normalized spacial score (nSPS) is 11.4. The van der Waals surface area contributed by atoms with Crippen molar-refractivity contribution in [2.75, 3.05) is 30.4 Å². The summed E-state index contributed by atoms with van der Waals surface area (Å²) in [5, 5.41) is 2.75. The molecular formula is C26H28N4O6S. The molecule has 0 fully saturated rings. The number of aryl methyl sites for hydroxylation is 3. The Kier molecular flexibility index (Phi) is 6.99. The largest absolute Gasteiger partial charge is 0.493 e. The number of imidazole rings is 1. The number of carbonyl (C=O) groups is 1. The summed E-state index contributed by atoms with van der Waals surface area (Å²) in [5.74, 6) is 0.0790. The quantitative estimate of drug-likeness (QED) is 0.379. The number of aromatic nitrogens is 2. The van der Waals surface area contributed by atoms with Crippen LogP contribution in [0, 0.1) is 6.92 Å². The van der Waals surface area contributed by atoms with Crippen LogP contribution in [-0.4, -0.2) is 44.2 Å². The maximum atomic E-state index is 13.7. The van der Waals surface area contributed by atoms with Gasteiger partial charge in [0.05, 0.1) is 35.8 Å². The van der Waals surface area contributed by atoms with Crippen LogP contribution < -0.4 is 24.8 Å². The smallest absolute Gasteiger partial charge is 0.328 e. The van der Waals surface area contributed by atoms with E-state index in [9.17, 15) is 18.0 Å². The molecule has 0 radical (unpaired) electrons. The molecule has 3 aromatic carbocycles. The second-order valence-electron chi connectivity index (χ2n) is 8.52.